The molecular weight excluding hydrogens is 416 g/mol. The summed E-state index contributed by atoms with van der Waals surface area (Å²) in [4.78, 5) is 38.4. The minimum absolute atomic E-state index is 0.0904. The van der Waals surface area contributed by atoms with Gasteiger partial charge in [0.2, 0.25) is 0 Å². The summed E-state index contributed by atoms with van der Waals surface area (Å²) in [5.41, 5.74) is 5.14. The van der Waals surface area contributed by atoms with Crippen molar-refractivity contribution in [2.24, 2.45) is 5.92 Å². The van der Waals surface area contributed by atoms with E-state index in [-0.39, 0.29) is 11.6 Å². The molecule has 3 aromatic heterocycles. The lowest BCUT2D eigenvalue weighted by atomic mass is 9.93. The third-order valence-electron chi connectivity index (χ3n) is 6.90. The first-order chi connectivity index (χ1) is 16.1. The van der Waals surface area contributed by atoms with Crippen LogP contribution in [0, 0.1) is 5.92 Å². The summed E-state index contributed by atoms with van der Waals surface area (Å²) in [6, 6.07) is 7.72. The molecule has 0 N–H and O–H groups in total. The molecule has 0 spiro atoms. The van der Waals surface area contributed by atoms with E-state index in [9.17, 15) is 9.59 Å². The highest BCUT2D eigenvalue weighted by atomic mass is 16.3. The van der Waals surface area contributed by atoms with Crippen LogP contribution >= 0.6 is 0 Å². The maximum atomic E-state index is 12.4. The zero-order chi connectivity index (χ0) is 22.4. The Labute approximate surface area is 192 Å². The van der Waals surface area contributed by atoms with Crippen molar-refractivity contribution >= 4 is 17.3 Å². The zero-order valence-electron chi connectivity index (χ0n) is 18.5. The van der Waals surface area contributed by atoms with Gasteiger partial charge in [-0.3, -0.25) is 24.5 Å². The molecule has 1 saturated heterocycles. The number of piperazine rings is 1. The van der Waals surface area contributed by atoms with Crippen LogP contribution in [0.15, 0.2) is 47.3 Å². The number of ketones is 2. The van der Waals surface area contributed by atoms with E-state index in [4.69, 9.17) is 4.42 Å². The van der Waals surface area contributed by atoms with Gasteiger partial charge < -0.3 is 9.32 Å². The molecule has 0 aromatic carbocycles. The van der Waals surface area contributed by atoms with Crippen molar-refractivity contribution in [3.63, 3.8) is 0 Å². The van der Waals surface area contributed by atoms with E-state index in [0.29, 0.717) is 35.8 Å². The van der Waals surface area contributed by atoms with Crippen LogP contribution in [0.25, 0.3) is 11.5 Å². The molecule has 0 unspecified atom stereocenters. The average molecular weight is 443 g/mol. The predicted molar refractivity (Wildman–Crippen MR) is 123 cm³/mol. The third-order valence-corrected chi connectivity index (χ3v) is 6.90. The van der Waals surface area contributed by atoms with Gasteiger partial charge in [-0.2, -0.15) is 0 Å². The number of pyridine rings is 2. The van der Waals surface area contributed by atoms with Crippen LogP contribution in [0.2, 0.25) is 0 Å². The van der Waals surface area contributed by atoms with Gasteiger partial charge in [0.05, 0.1) is 23.7 Å². The van der Waals surface area contributed by atoms with Crippen molar-refractivity contribution in [1.82, 2.24) is 14.9 Å². The number of aromatic nitrogens is 2. The number of carbonyl (C=O) groups excluding carboxylic acids is 2. The second-order valence-electron chi connectivity index (χ2n) is 9.35. The molecule has 33 heavy (non-hydrogen) atoms. The molecule has 3 aromatic rings. The molecule has 1 saturated carbocycles. The fraction of sp³-hybridized carbons (Fsp3) is 0.385. The smallest absolute Gasteiger partial charge is 0.181 e. The monoisotopic (exact) mass is 442 g/mol. The van der Waals surface area contributed by atoms with Gasteiger partial charge in [-0.25, -0.2) is 0 Å². The summed E-state index contributed by atoms with van der Waals surface area (Å²) < 4.78 is 5.51. The zero-order valence-corrected chi connectivity index (χ0v) is 18.5. The topological polar surface area (TPSA) is 79.5 Å². The van der Waals surface area contributed by atoms with Gasteiger partial charge in [0, 0.05) is 51.8 Å². The van der Waals surface area contributed by atoms with Crippen molar-refractivity contribution < 1.29 is 14.0 Å². The molecule has 0 bridgehead atoms. The lowest BCUT2D eigenvalue weighted by Gasteiger charge is -2.36. The summed E-state index contributed by atoms with van der Waals surface area (Å²) in [6.07, 6.45) is 8.67. The molecule has 3 aliphatic rings. The molecule has 0 radical (unpaired) electrons. The maximum Gasteiger partial charge on any atom is 0.181 e. The highest BCUT2D eigenvalue weighted by Gasteiger charge is 2.28. The summed E-state index contributed by atoms with van der Waals surface area (Å²) in [5.74, 6) is 1.43. The van der Waals surface area contributed by atoms with Crippen LogP contribution in [0.1, 0.15) is 51.2 Å². The number of anilines is 1. The normalized spacial score (nSPS) is 18.2. The van der Waals surface area contributed by atoms with E-state index < -0.39 is 0 Å². The molecule has 2 fully saturated rings. The minimum atomic E-state index is 0.0904. The molecule has 168 valence electrons. The van der Waals surface area contributed by atoms with Gasteiger partial charge in [0.15, 0.2) is 17.3 Å². The first-order valence-electron chi connectivity index (χ1n) is 11.7. The molecule has 7 nitrogen and oxygen atoms in total. The number of fused-ring (bicyclic) bond motifs is 3. The van der Waals surface area contributed by atoms with Crippen LogP contribution in [-0.4, -0.2) is 52.6 Å². The number of hydrogen-bond acceptors (Lipinski definition) is 7. The largest absolute Gasteiger partial charge is 0.462 e. The fourth-order valence-corrected chi connectivity index (χ4v) is 4.82. The van der Waals surface area contributed by atoms with Crippen molar-refractivity contribution in [3.05, 3.63) is 65.3 Å². The molecule has 2 aliphatic carbocycles. The lowest BCUT2D eigenvalue weighted by Crippen LogP contribution is -2.46. The van der Waals surface area contributed by atoms with Crippen LogP contribution in [-0.2, 0) is 13.0 Å². The Kier molecular flexibility index (Phi) is 5.06. The Morgan fingerprint density at radius 2 is 1.91 bits per heavy atom. The Hall–Kier alpha value is -3.32. The van der Waals surface area contributed by atoms with Crippen molar-refractivity contribution in [2.75, 3.05) is 31.1 Å². The molecule has 0 amide bonds. The summed E-state index contributed by atoms with van der Waals surface area (Å²) >= 11 is 0. The van der Waals surface area contributed by atoms with Crippen molar-refractivity contribution in [2.45, 2.75) is 32.2 Å². The standard InChI is InChI=1S/C26H26N4O3/c31-23-13-19-11-18(14-28-25(19)26-21(23)5-10-33-26)16-29-6-8-30(9-7-29)20-3-4-22(27-15-20)24(32)12-17-1-2-17/h3-5,10-11,14-15,17H,1-2,6-9,12-13,16H2. The number of Topliss-reactive ketones (excluding diaryl/α,β-unsaturated/α-hetero) is 2. The molecule has 7 heteroatoms. The van der Waals surface area contributed by atoms with Gasteiger partial charge in [0.1, 0.15) is 11.4 Å². The van der Waals surface area contributed by atoms with Crippen LogP contribution in [0.5, 0.6) is 0 Å². The highest BCUT2D eigenvalue weighted by molar-refractivity contribution is 6.05. The van der Waals surface area contributed by atoms with Gasteiger partial charge in [0.25, 0.3) is 0 Å². The summed E-state index contributed by atoms with van der Waals surface area (Å²) in [5, 5.41) is 0. The maximum absolute atomic E-state index is 12.4. The van der Waals surface area contributed by atoms with Gasteiger partial charge in [-0.15, -0.1) is 0 Å². The lowest BCUT2D eigenvalue weighted by molar-refractivity contribution is 0.0968. The summed E-state index contributed by atoms with van der Waals surface area (Å²) in [6.45, 7) is 4.48. The quantitative estimate of drug-likeness (QED) is 0.538. The Bertz CT molecular complexity index is 1200. The molecular formula is C26H26N4O3. The SMILES string of the molecule is O=C(CC1CC1)c1ccc(N2CCN(Cc3cnc4c(c3)CC(=O)c3ccoc3-4)CC2)cn1. The van der Waals surface area contributed by atoms with Gasteiger partial charge in [-0.05, 0) is 48.1 Å². The number of carbonyl (C=O) groups is 2. The Morgan fingerprint density at radius 3 is 2.67 bits per heavy atom. The molecule has 6 rings (SSSR count). The molecule has 1 aliphatic heterocycles. The highest BCUT2D eigenvalue weighted by Crippen LogP contribution is 2.34. The van der Waals surface area contributed by atoms with Crippen LogP contribution < -0.4 is 4.90 Å². The number of hydrogen-bond donors (Lipinski definition) is 0. The van der Waals surface area contributed by atoms with Crippen LogP contribution in [0.3, 0.4) is 0 Å². The van der Waals surface area contributed by atoms with Gasteiger partial charge in [-0.1, -0.05) is 6.07 Å². The second-order valence-corrected chi connectivity index (χ2v) is 9.35. The first-order valence-corrected chi connectivity index (χ1v) is 11.7. The van der Waals surface area contributed by atoms with E-state index in [2.05, 4.69) is 25.8 Å². The third kappa shape index (κ3) is 4.09. The Morgan fingerprint density at radius 1 is 1.06 bits per heavy atom. The van der Waals surface area contributed by atoms with Gasteiger partial charge >= 0.3 is 0 Å². The molecule has 4 heterocycles. The average Bonchev–Trinajstić information content (AvgIpc) is 3.50. The predicted octanol–water partition coefficient (Wildman–Crippen LogP) is 3.78. The molecule has 0 atom stereocenters. The van der Waals surface area contributed by atoms with Crippen molar-refractivity contribution in [1.29, 1.82) is 0 Å². The fourth-order valence-electron chi connectivity index (χ4n) is 4.82. The number of furan rings is 1. The van der Waals surface area contributed by atoms with Crippen LogP contribution in [0.4, 0.5) is 5.69 Å². The number of rotatable bonds is 6. The van der Waals surface area contributed by atoms with E-state index in [1.807, 2.05) is 24.5 Å². The van der Waals surface area contributed by atoms with E-state index in [1.54, 1.807) is 12.3 Å². The minimum Gasteiger partial charge on any atom is -0.462 e. The Balaban J connectivity index is 1.07. The number of nitrogens with zero attached hydrogens (tertiary/aromatic N) is 4. The van der Waals surface area contributed by atoms with E-state index in [1.165, 1.54) is 12.8 Å². The second kappa shape index (κ2) is 8.23. The summed E-state index contributed by atoms with van der Waals surface area (Å²) in [7, 11) is 0. The van der Waals surface area contributed by atoms with E-state index >= 15 is 0 Å². The van der Waals surface area contributed by atoms with E-state index in [0.717, 1.165) is 55.2 Å². The first kappa shape index (κ1) is 20.3. The van der Waals surface area contributed by atoms with Crippen molar-refractivity contribution in [3.8, 4) is 11.5 Å².